The number of hydrogen-bond acceptors (Lipinski definition) is 6. The Kier molecular flexibility index (Phi) is 7.17. The molecular weight excluding hydrogens is 449 g/mol. The fraction of sp³-hybridized carbons (Fsp3) is 0.304. The summed E-state index contributed by atoms with van der Waals surface area (Å²) < 4.78 is 51.9. The summed E-state index contributed by atoms with van der Waals surface area (Å²) >= 11 is 0. The Morgan fingerprint density at radius 3 is 2.64 bits per heavy atom. The molecule has 0 spiro atoms. The number of morpholine rings is 1. The lowest BCUT2D eigenvalue weighted by Crippen LogP contribution is -2.40. The van der Waals surface area contributed by atoms with Gasteiger partial charge in [0.1, 0.15) is 10.7 Å². The second-order valence-corrected chi connectivity index (χ2v) is 9.45. The molecule has 1 fully saturated rings. The second-order valence-electron chi connectivity index (χ2n) is 7.55. The first-order valence-corrected chi connectivity index (χ1v) is 12.0. The fourth-order valence-electron chi connectivity index (χ4n) is 3.49. The van der Waals surface area contributed by atoms with Crippen molar-refractivity contribution >= 4 is 21.6 Å². The smallest absolute Gasteiger partial charge is 0.246 e. The van der Waals surface area contributed by atoms with E-state index in [0.717, 1.165) is 17.7 Å². The maximum absolute atomic E-state index is 14.3. The monoisotopic (exact) mass is 473 g/mol. The summed E-state index contributed by atoms with van der Waals surface area (Å²) in [6, 6.07) is 13.1. The summed E-state index contributed by atoms with van der Waals surface area (Å²) in [5.74, 6) is 0.0152. The molecule has 0 unspecified atom stereocenters. The zero-order chi connectivity index (χ0) is 23.3. The number of anilines is 1. The molecule has 1 aromatic heterocycles. The number of aromatic nitrogens is 1. The van der Waals surface area contributed by atoms with Gasteiger partial charge in [0, 0.05) is 37.2 Å². The molecular formula is C23H24FN3O5S. The molecule has 8 nitrogen and oxygen atoms in total. The summed E-state index contributed by atoms with van der Waals surface area (Å²) in [7, 11) is -4.02. The predicted molar refractivity (Wildman–Crippen MR) is 119 cm³/mol. The number of oxazole rings is 1. The number of amides is 1. The normalized spacial score (nSPS) is 14.8. The number of ether oxygens (including phenoxy) is 1. The van der Waals surface area contributed by atoms with Gasteiger partial charge in [-0.2, -0.15) is 4.31 Å². The first-order valence-electron chi connectivity index (χ1n) is 10.6. The third-order valence-electron chi connectivity index (χ3n) is 5.21. The molecule has 1 saturated heterocycles. The molecule has 1 aliphatic rings. The zero-order valence-electron chi connectivity index (χ0n) is 17.9. The average molecular weight is 474 g/mol. The number of hydrogen-bond donors (Lipinski definition) is 1. The third-order valence-corrected chi connectivity index (χ3v) is 7.12. The molecule has 3 aromatic rings. The zero-order valence-corrected chi connectivity index (χ0v) is 18.7. The number of halogens is 1. The Labute approximate surface area is 191 Å². The maximum atomic E-state index is 14.3. The molecule has 2 aromatic carbocycles. The van der Waals surface area contributed by atoms with Crippen LogP contribution in [-0.2, 0) is 26.0 Å². The van der Waals surface area contributed by atoms with Crippen LogP contribution < -0.4 is 5.32 Å². The number of aryl methyl sites for hydroxylation is 1. The molecule has 1 aliphatic heterocycles. The van der Waals surface area contributed by atoms with Gasteiger partial charge in [0.25, 0.3) is 0 Å². The summed E-state index contributed by atoms with van der Waals surface area (Å²) in [6.07, 6.45) is 2.78. The minimum Gasteiger partial charge on any atom is -0.441 e. The van der Waals surface area contributed by atoms with E-state index in [1.165, 1.54) is 10.4 Å². The number of carbonyl (C=O) groups is 1. The maximum Gasteiger partial charge on any atom is 0.246 e. The van der Waals surface area contributed by atoms with E-state index in [4.69, 9.17) is 9.15 Å². The van der Waals surface area contributed by atoms with E-state index in [1.54, 1.807) is 6.20 Å². The standard InChI is InChI=1S/C23H24FN3O5S/c24-19-10-9-18(15-21(19)33(29,30)27-11-13-31-14-12-27)26-22(28)7-4-8-23-25-16-20(32-23)17-5-2-1-3-6-17/h1-3,5-6,9-10,15-16H,4,7-8,11-14H2,(H,26,28). The fourth-order valence-corrected chi connectivity index (χ4v) is 4.99. The van der Waals surface area contributed by atoms with Crippen LogP contribution in [-0.4, -0.2) is 49.9 Å². The van der Waals surface area contributed by atoms with Crippen molar-refractivity contribution in [1.82, 2.24) is 9.29 Å². The average Bonchev–Trinajstić information content (AvgIpc) is 3.30. The van der Waals surface area contributed by atoms with Gasteiger partial charge in [-0.25, -0.2) is 17.8 Å². The SMILES string of the molecule is O=C(CCCc1ncc(-c2ccccc2)o1)Nc1ccc(F)c(S(=O)(=O)N2CCOCC2)c1. The topological polar surface area (TPSA) is 102 Å². The molecule has 0 saturated carbocycles. The Morgan fingerprint density at radius 2 is 1.88 bits per heavy atom. The van der Waals surface area contributed by atoms with Gasteiger partial charge in [-0.05, 0) is 24.6 Å². The number of sulfonamides is 1. The molecule has 0 aliphatic carbocycles. The molecule has 33 heavy (non-hydrogen) atoms. The van der Waals surface area contributed by atoms with Crippen LogP contribution in [0.15, 0.2) is 64.0 Å². The van der Waals surface area contributed by atoms with Crippen LogP contribution in [0.3, 0.4) is 0 Å². The Hall–Kier alpha value is -3.08. The van der Waals surface area contributed by atoms with Crippen molar-refractivity contribution < 1.29 is 26.8 Å². The Balaban J connectivity index is 1.33. The molecule has 0 bridgehead atoms. The minimum atomic E-state index is -4.02. The van der Waals surface area contributed by atoms with E-state index in [1.807, 2.05) is 30.3 Å². The second kappa shape index (κ2) is 10.2. The van der Waals surface area contributed by atoms with Gasteiger partial charge in [0.2, 0.25) is 15.9 Å². The summed E-state index contributed by atoms with van der Waals surface area (Å²) in [5.41, 5.74) is 1.14. The molecule has 10 heteroatoms. The lowest BCUT2D eigenvalue weighted by Gasteiger charge is -2.26. The van der Waals surface area contributed by atoms with Crippen molar-refractivity contribution in [3.8, 4) is 11.3 Å². The van der Waals surface area contributed by atoms with E-state index in [0.29, 0.717) is 24.5 Å². The summed E-state index contributed by atoms with van der Waals surface area (Å²) in [5, 5.41) is 2.64. The highest BCUT2D eigenvalue weighted by Crippen LogP contribution is 2.24. The van der Waals surface area contributed by atoms with Crippen LogP contribution in [0.4, 0.5) is 10.1 Å². The van der Waals surface area contributed by atoms with Gasteiger partial charge < -0.3 is 14.5 Å². The quantitative estimate of drug-likeness (QED) is 0.538. The Bertz CT molecular complexity index is 1210. The number of carbonyl (C=O) groups excluding carboxylic acids is 1. The summed E-state index contributed by atoms with van der Waals surface area (Å²) in [4.78, 5) is 16.1. The number of nitrogens with one attached hydrogen (secondary N) is 1. The molecule has 2 heterocycles. The van der Waals surface area contributed by atoms with Gasteiger partial charge in [-0.15, -0.1) is 0 Å². The molecule has 0 atom stereocenters. The van der Waals surface area contributed by atoms with Crippen LogP contribution in [0.2, 0.25) is 0 Å². The van der Waals surface area contributed by atoms with Crippen LogP contribution in [0.5, 0.6) is 0 Å². The van der Waals surface area contributed by atoms with Crippen molar-refractivity contribution in [3.05, 3.63) is 66.4 Å². The first kappa shape index (κ1) is 23.1. The largest absolute Gasteiger partial charge is 0.441 e. The van der Waals surface area contributed by atoms with E-state index in [9.17, 15) is 17.6 Å². The Morgan fingerprint density at radius 1 is 1.12 bits per heavy atom. The van der Waals surface area contributed by atoms with E-state index < -0.39 is 20.7 Å². The number of rotatable bonds is 8. The molecule has 0 radical (unpaired) electrons. The lowest BCUT2D eigenvalue weighted by atomic mass is 10.2. The highest BCUT2D eigenvalue weighted by molar-refractivity contribution is 7.89. The van der Waals surface area contributed by atoms with Crippen LogP contribution in [0.1, 0.15) is 18.7 Å². The first-order chi connectivity index (χ1) is 15.9. The lowest BCUT2D eigenvalue weighted by molar-refractivity contribution is -0.116. The van der Waals surface area contributed by atoms with Crippen LogP contribution >= 0.6 is 0 Å². The van der Waals surface area contributed by atoms with Crippen molar-refractivity contribution in [2.75, 3.05) is 31.6 Å². The van der Waals surface area contributed by atoms with Crippen molar-refractivity contribution in [1.29, 1.82) is 0 Å². The molecule has 1 N–H and O–H groups in total. The van der Waals surface area contributed by atoms with E-state index >= 15 is 0 Å². The van der Waals surface area contributed by atoms with Gasteiger partial charge in [0.05, 0.1) is 19.4 Å². The van der Waals surface area contributed by atoms with E-state index in [-0.39, 0.29) is 44.3 Å². The molecule has 4 rings (SSSR count). The van der Waals surface area contributed by atoms with Gasteiger partial charge in [-0.3, -0.25) is 4.79 Å². The van der Waals surface area contributed by atoms with Gasteiger partial charge in [0.15, 0.2) is 11.7 Å². The van der Waals surface area contributed by atoms with Crippen LogP contribution in [0, 0.1) is 5.82 Å². The minimum absolute atomic E-state index is 0.158. The van der Waals surface area contributed by atoms with Crippen LogP contribution in [0.25, 0.3) is 11.3 Å². The molecule has 174 valence electrons. The van der Waals surface area contributed by atoms with Crippen molar-refractivity contribution in [2.24, 2.45) is 0 Å². The number of nitrogens with zero attached hydrogens (tertiary/aromatic N) is 2. The molecule has 1 amide bonds. The third kappa shape index (κ3) is 5.65. The number of benzene rings is 2. The highest BCUT2D eigenvalue weighted by Gasteiger charge is 2.29. The van der Waals surface area contributed by atoms with E-state index in [2.05, 4.69) is 10.3 Å². The summed E-state index contributed by atoms with van der Waals surface area (Å²) in [6.45, 7) is 0.833. The van der Waals surface area contributed by atoms with Gasteiger partial charge >= 0.3 is 0 Å². The van der Waals surface area contributed by atoms with Gasteiger partial charge in [-0.1, -0.05) is 30.3 Å². The predicted octanol–water partition coefficient (Wildman–Crippen LogP) is 3.46. The van der Waals surface area contributed by atoms with Crippen molar-refractivity contribution in [3.63, 3.8) is 0 Å². The highest BCUT2D eigenvalue weighted by atomic mass is 32.2. The van der Waals surface area contributed by atoms with Crippen molar-refractivity contribution in [2.45, 2.75) is 24.2 Å².